The maximum Gasteiger partial charge on any atom is 0.416 e. The molecule has 1 fully saturated rings. The van der Waals surface area contributed by atoms with Gasteiger partial charge < -0.3 is 4.90 Å². The number of hydrogen-bond donors (Lipinski definition) is 1. The molecule has 11 heteroatoms. The quantitative estimate of drug-likeness (QED) is 0.644. The van der Waals surface area contributed by atoms with Crippen molar-refractivity contribution in [3.63, 3.8) is 0 Å². The Morgan fingerprint density at radius 2 is 2.03 bits per heavy atom. The summed E-state index contributed by atoms with van der Waals surface area (Å²) in [5, 5.41) is 0.865. The number of pyridine rings is 1. The molecule has 2 amide bonds. The Bertz CT molecular complexity index is 1050. The second-order valence-corrected chi connectivity index (χ2v) is 7.95. The highest BCUT2D eigenvalue weighted by atomic mass is 35.5. The number of rotatable bonds is 5. The summed E-state index contributed by atoms with van der Waals surface area (Å²) in [6.07, 6.45) is -4.38. The van der Waals surface area contributed by atoms with Crippen molar-refractivity contribution in [1.82, 2.24) is 10.4 Å². The Balaban J connectivity index is 2.03. The van der Waals surface area contributed by atoms with Crippen molar-refractivity contribution in [3.8, 4) is 0 Å². The highest BCUT2D eigenvalue weighted by Gasteiger charge is 2.41. The standard InChI is InChI=1S/C21H21ClF4N4O2/c1-4-12(3)29(14-5-6-16(23)15(22)9-14)20(32)17-10-19(31)28-30(17)18-8-13(21(24,25)26)7-11(2)27-18/h5-9,12,17H,4,10H2,1-3H3,(H,28,31)/t12-,17?/m0/s1. The lowest BCUT2D eigenvalue weighted by atomic mass is 10.1. The predicted molar refractivity (Wildman–Crippen MR) is 112 cm³/mol. The highest BCUT2D eigenvalue weighted by Crippen LogP contribution is 2.33. The van der Waals surface area contributed by atoms with E-state index in [-0.39, 0.29) is 29.0 Å². The first kappa shape index (κ1) is 23.8. The van der Waals surface area contributed by atoms with Crippen molar-refractivity contribution in [3.05, 3.63) is 52.4 Å². The van der Waals surface area contributed by atoms with Gasteiger partial charge in [-0.3, -0.25) is 20.0 Å². The largest absolute Gasteiger partial charge is 0.416 e. The second-order valence-electron chi connectivity index (χ2n) is 7.54. The first-order valence-corrected chi connectivity index (χ1v) is 10.2. The van der Waals surface area contributed by atoms with Gasteiger partial charge in [-0.1, -0.05) is 18.5 Å². The van der Waals surface area contributed by atoms with Crippen LogP contribution < -0.4 is 15.3 Å². The van der Waals surface area contributed by atoms with E-state index in [1.165, 1.54) is 24.0 Å². The Hall–Kier alpha value is -2.88. The fourth-order valence-corrected chi connectivity index (χ4v) is 3.63. The normalized spacial score (nSPS) is 17.3. The molecule has 0 spiro atoms. The van der Waals surface area contributed by atoms with Gasteiger partial charge in [0.1, 0.15) is 17.7 Å². The topological polar surface area (TPSA) is 65.5 Å². The molecule has 6 nitrogen and oxygen atoms in total. The van der Waals surface area contributed by atoms with Gasteiger partial charge >= 0.3 is 6.18 Å². The summed E-state index contributed by atoms with van der Waals surface area (Å²) < 4.78 is 53.5. The number of hydrogen-bond acceptors (Lipinski definition) is 4. The van der Waals surface area contributed by atoms with Crippen LogP contribution in [0.25, 0.3) is 0 Å². The first-order valence-electron chi connectivity index (χ1n) is 9.85. The van der Waals surface area contributed by atoms with Crippen molar-refractivity contribution in [2.24, 2.45) is 0 Å². The van der Waals surface area contributed by atoms with Crippen molar-refractivity contribution >= 4 is 34.9 Å². The van der Waals surface area contributed by atoms with Crippen LogP contribution in [0.5, 0.6) is 0 Å². The van der Waals surface area contributed by atoms with Gasteiger partial charge in [0.25, 0.3) is 5.91 Å². The Kier molecular flexibility index (Phi) is 6.64. The number of aromatic nitrogens is 1. The van der Waals surface area contributed by atoms with Gasteiger partial charge in [0.15, 0.2) is 0 Å². The molecule has 1 aliphatic rings. The Morgan fingerprint density at radius 1 is 1.34 bits per heavy atom. The number of nitrogens with one attached hydrogen (secondary N) is 1. The molecule has 1 aromatic carbocycles. The summed E-state index contributed by atoms with van der Waals surface area (Å²) >= 11 is 5.89. The van der Waals surface area contributed by atoms with Crippen molar-refractivity contribution < 1.29 is 27.2 Å². The molecule has 32 heavy (non-hydrogen) atoms. The summed E-state index contributed by atoms with van der Waals surface area (Å²) in [7, 11) is 0. The minimum absolute atomic E-state index is 0.0753. The molecule has 2 aromatic rings. The summed E-state index contributed by atoms with van der Waals surface area (Å²) in [5.41, 5.74) is 1.86. The third-order valence-electron chi connectivity index (χ3n) is 5.19. The number of benzene rings is 1. The summed E-state index contributed by atoms with van der Waals surface area (Å²) in [6, 6.07) is 3.93. The summed E-state index contributed by atoms with van der Waals surface area (Å²) in [6.45, 7) is 4.99. The number of carbonyl (C=O) groups excluding carboxylic acids is 2. The molecular weight excluding hydrogens is 452 g/mol. The lowest BCUT2D eigenvalue weighted by Gasteiger charge is -2.34. The van der Waals surface area contributed by atoms with Gasteiger partial charge in [-0.25, -0.2) is 9.37 Å². The second kappa shape index (κ2) is 8.93. The van der Waals surface area contributed by atoms with Crippen molar-refractivity contribution in [1.29, 1.82) is 0 Å². The van der Waals surface area contributed by atoms with E-state index in [2.05, 4.69) is 10.4 Å². The zero-order valence-electron chi connectivity index (χ0n) is 17.5. The van der Waals surface area contributed by atoms with Crippen LogP contribution >= 0.6 is 11.6 Å². The van der Waals surface area contributed by atoms with Gasteiger partial charge in [-0.2, -0.15) is 13.2 Å². The number of nitrogens with zero attached hydrogens (tertiary/aromatic N) is 3. The lowest BCUT2D eigenvalue weighted by Crippen LogP contribution is -2.51. The third-order valence-corrected chi connectivity index (χ3v) is 5.47. The average molecular weight is 473 g/mol. The van der Waals surface area contributed by atoms with Gasteiger partial charge in [0.05, 0.1) is 17.0 Å². The van der Waals surface area contributed by atoms with Crippen LogP contribution in [0.1, 0.15) is 37.9 Å². The van der Waals surface area contributed by atoms with E-state index in [9.17, 15) is 27.2 Å². The van der Waals surface area contributed by atoms with E-state index >= 15 is 0 Å². The molecule has 0 radical (unpaired) electrons. The molecule has 1 aromatic heterocycles. The molecule has 172 valence electrons. The molecule has 0 bridgehead atoms. The molecule has 1 unspecified atom stereocenters. The average Bonchev–Trinajstić information content (AvgIpc) is 3.11. The summed E-state index contributed by atoms with van der Waals surface area (Å²) in [5.74, 6) is -1.96. The Morgan fingerprint density at radius 3 is 2.62 bits per heavy atom. The molecule has 0 saturated carbocycles. The Labute approximate surface area is 187 Å². The van der Waals surface area contributed by atoms with Gasteiger partial charge in [-0.05, 0) is 50.6 Å². The molecule has 1 aliphatic heterocycles. The third kappa shape index (κ3) is 4.79. The SMILES string of the molecule is CC[C@H](C)N(C(=O)C1CC(=O)NN1c1cc(C(F)(F)F)cc(C)n1)c1ccc(F)c(Cl)c1. The van der Waals surface area contributed by atoms with Crippen LogP contribution in [0.4, 0.5) is 29.1 Å². The van der Waals surface area contributed by atoms with Gasteiger partial charge in [-0.15, -0.1) is 0 Å². The number of anilines is 2. The number of alkyl halides is 3. The number of aryl methyl sites for hydroxylation is 1. The van der Waals surface area contributed by atoms with Crippen LogP contribution in [-0.4, -0.2) is 28.9 Å². The lowest BCUT2D eigenvalue weighted by molar-refractivity contribution is -0.137. The maximum atomic E-state index is 13.7. The number of amides is 2. The van der Waals surface area contributed by atoms with Crippen molar-refractivity contribution in [2.75, 3.05) is 9.91 Å². The predicted octanol–water partition coefficient (Wildman–Crippen LogP) is 4.64. The summed E-state index contributed by atoms with van der Waals surface area (Å²) in [4.78, 5) is 31.2. The molecule has 2 atom stereocenters. The highest BCUT2D eigenvalue weighted by molar-refractivity contribution is 6.31. The maximum absolute atomic E-state index is 13.7. The fraction of sp³-hybridized carbons (Fsp3) is 0.381. The van der Waals surface area contributed by atoms with Crippen LogP contribution in [-0.2, 0) is 15.8 Å². The van der Waals surface area contributed by atoms with E-state index in [4.69, 9.17) is 11.6 Å². The molecule has 0 aliphatic carbocycles. The molecule has 3 rings (SSSR count). The van der Waals surface area contributed by atoms with E-state index in [1.54, 1.807) is 6.92 Å². The van der Waals surface area contributed by atoms with E-state index in [0.29, 0.717) is 12.1 Å². The zero-order chi connectivity index (χ0) is 23.8. The van der Waals surface area contributed by atoms with Crippen molar-refractivity contribution in [2.45, 2.75) is 51.9 Å². The van der Waals surface area contributed by atoms with Crippen LogP contribution in [0.15, 0.2) is 30.3 Å². The van der Waals surface area contributed by atoms with Crippen LogP contribution in [0.3, 0.4) is 0 Å². The number of halogens is 5. The number of carbonyl (C=O) groups is 2. The number of hydrazine groups is 1. The zero-order valence-corrected chi connectivity index (χ0v) is 18.3. The van der Waals surface area contributed by atoms with Gasteiger partial charge in [0.2, 0.25) is 5.91 Å². The van der Waals surface area contributed by atoms with Crippen LogP contribution in [0.2, 0.25) is 5.02 Å². The fourth-order valence-electron chi connectivity index (χ4n) is 3.45. The van der Waals surface area contributed by atoms with E-state index in [1.807, 2.05) is 6.92 Å². The van der Waals surface area contributed by atoms with Crippen LogP contribution in [0, 0.1) is 12.7 Å². The minimum atomic E-state index is -4.63. The van der Waals surface area contributed by atoms with Gasteiger partial charge in [0, 0.05) is 17.4 Å². The molecule has 1 N–H and O–H groups in total. The minimum Gasteiger partial charge on any atom is -0.308 e. The molecular formula is C21H21ClF4N4O2. The molecule has 2 heterocycles. The van der Waals surface area contributed by atoms with E-state index in [0.717, 1.165) is 23.2 Å². The smallest absolute Gasteiger partial charge is 0.308 e. The first-order chi connectivity index (χ1) is 14.9. The van der Waals surface area contributed by atoms with E-state index < -0.39 is 35.4 Å². The monoisotopic (exact) mass is 472 g/mol. The molecule has 1 saturated heterocycles.